The maximum atomic E-state index is 8.78. The third kappa shape index (κ3) is 3.41. The third-order valence-corrected chi connectivity index (χ3v) is 2.47. The van der Waals surface area contributed by atoms with E-state index in [-0.39, 0.29) is 0 Å². The highest BCUT2D eigenvalue weighted by molar-refractivity contribution is 7.76. The van der Waals surface area contributed by atoms with Crippen LogP contribution in [0.25, 0.3) is 10.8 Å². The van der Waals surface area contributed by atoms with Crippen LogP contribution in [0.3, 0.4) is 0 Å². The molecular weight excluding hydrogens is 222 g/mol. The first-order valence-electron chi connectivity index (χ1n) is 4.81. The van der Waals surface area contributed by atoms with Gasteiger partial charge in [0.2, 0.25) is 0 Å². The predicted molar refractivity (Wildman–Crippen MR) is 66.5 cm³/mol. The molecule has 0 aliphatic heterocycles. The second-order valence-corrected chi connectivity index (χ2v) is 4.01. The Bertz CT molecular complexity index is 507. The number of aryl methyl sites for hydroxylation is 2. The topological polar surface area (TPSA) is 66.2 Å². The van der Waals surface area contributed by atoms with Crippen molar-refractivity contribution in [3.8, 4) is 0 Å². The van der Waals surface area contributed by atoms with Crippen molar-refractivity contribution in [1.82, 2.24) is 0 Å². The van der Waals surface area contributed by atoms with Crippen LogP contribution in [0.4, 0.5) is 0 Å². The summed E-state index contributed by atoms with van der Waals surface area (Å²) in [7, 11) is 0. The molecule has 0 saturated heterocycles. The van der Waals surface area contributed by atoms with Crippen molar-refractivity contribution < 1.29 is 8.76 Å². The number of hydrogen-bond acceptors (Lipinski definition) is 2. The Labute approximate surface area is 97.7 Å². The molecule has 0 bridgehead atoms. The summed E-state index contributed by atoms with van der Waals surface area (Å²) in [6, 6.07) is 12.9. The van der Waals surface area contributed by atoms with Gasteiger partial charge in [-0.1, -0.05) is 36.4 Å². The van der Waals surface area contributed by atoms with E-state index in [1.807, 2.05) is 0 Å². The molecule has 2 rings (SSSR count). The van der Waals surface area contributed by atoms with Crippen molar-refractivity contribution in [2.24, 2.45) is 5.14 Å². The quantitative estimate of drug-likeness (QED) is 0.712. The first-order chi connectivity index (χ1) is 7.52. The molecule has 0 heterocycles. The minimum absolute atomic E-state index is 1.33. The van der Waals surface area contributed by atoms with Gasteiger partial charge < -0.3 is 4.55 Å². The van der Waals surface area contributed by atoms with Gasteiger partial charge in [-0.15, -0.1) is 0 Å². The fourth-order valence-electron chi connectivity index (χ4n) is 1.54. The van der Waals surface area contributed by atoms with Crippen LogP contribution in [0.15, 0.2) is 36.4 Å². The summed E-state index contributed by atoms with van der Waals surface area (Å²) in [5.74, 6) is 0. The Kier molecular flexibility index (Phi) is 4.61. The van der Waals surface area contributed by atoms with E-state index >= 15 is 0 Å². The molecule has 4 heteroatoms. The van der Waals surface area contributed by atoms with E-state index in [2.05, 4.69) is 55.4 Å². The van der Waals surface area contributed by atoms with Gasteiger partial charge >= 0.3 is 0 Å². The van der Waals surface area contributed by atoms with Crippen LogP contribution in [-0.4, -0.2) is 8.76 Å². The molecule has 0 aliphatic carbocycles. The SMILES string of the molecule is Cc1ccc2ccccc2c1C.NS(=O)[O-]. The van der Waals surface area contributed by atoms with E-state index < -0.39 is 11.3 Å². The van der Waals surface area contributed by atoms with Gasteiger partial charge in [0, 0.05) is 11.3 Å². The van der Waals surface area contributed by atoms with Crippen LogP contribution in [-0.2, 0) is 11.3 Å². The van der Waals surface area contributed by atoms with Gasteiger partial charge in [-0.3, -0.25) is 9.35 Å². The molecule has 1 unspecified atom stereocenters. The van der Waals surface area contributed by atoms with E-state index in [0.717, 1.165) is 0 Å². The van der Waals surface area contributed by atoms with Crippen LogP contribution in [0.1, 0.15) is 11.1 Å². The van der Waals surface area contributed by atoms with E-state index in [1.165, 1.54) is 21.9 Å². The number of benzene rings is 2. The Balaban J connectivity index is 0.000000280. The Morgan fingerprint density at radius 3 is 2.31 bits per heavy atom. The first-order valence-corrected chi connectivity index (χ1v) is 5.95. The highest BCUT2D eigenvalue weighted by Crippen LogP contribution is 2.20. The summed E-state index contributed by atoms with van der Waals surface area (Å²) >= 11 is -2.36. The molecule has 2 N–H and O–H groups in total. The summed E-state index contributed by atoms with van der Waals surface area (Å²) in [4.78, 5) is 0. The van der Waals surface area contributed by atoms with Gasteiger partial charge in [0.15, 0.2) is 0 Å². The van der Waals surface area contributed by atoms with Gasteiger partial charge in [-0.2, -0.15) is 0 Å². The van der Waals surface area contributed by atoms with Crippen molar-refractivity contribution in [3.63, 3.8) is 0 Å². The summed E-state index contributed by atoms with van der Waals surface area (Å²) in [6.07, 6.45) is 0. The standard InChI is InChI=1S/C12H12.H3NO2S/c1-9-7-8-11-5-3-4-6-12(11)10(9)2;1-4(2)3/h3-8H,1-2H3;1H2,(H,2,3)/p-1. The largest absolute Gasteiger partial charge is 0.760 e. The van der Waals surface area contributed by atoms with E-state index in [1.54, 1.807) is 0 Å². The lowest BCUT2D eigenvalue weighted by Crippen LogP contribution is -1.97. The van der Waals surface area contributed by atoms with Crippen LogP contribution >= 0.6 is 0 Å². The molecule has 2 aromatic carbocycles. The maximum absolute atomic E-state index is 8.78. The molecule has 3 nitrogen and oxygen atoms in total. The van der Waals surface area contributed by atoms with Crippen molar-refractivity contribution in [3.05, 3.63) is 47.5 Å². The normalized spacial score (nSPS) is 11.8. The second kappa shape index (κ2) is 5.75. The van der Waals surface area contributed by atoms with Crippen LogP contribution in [0.5, 0.6) is 0 Å². The van der Waals surface area contributed by atoms with Gasteiger partial charge in [-0.05, 0) is 35.7 Å². The lowest BCUT2D eigenvalue weighted by Gasteiger charge is -2.04. The number of hydrogen-bond donors (Lipinski definition) is 1. The molecule has 2 aromatic rings. The lowest BCUT2D eigenvalue weighted by molar-refractivity contribution is 0.539. The number of rotatable bonds is 0. The summed E-state index contributed by atoms with van der Waals surface area (Å²) in [5.41, 5.74) is 2.77. The maximum Gasteiger partial charge on any atom is 0.0152 e. The van der Waals surface area contributed by atoms with Gasteiger partial charge in [0.05, 0.1) is 0 Å². The average molecular weight is 236 g/mol. The highest BCUT2D eigenvalue weighted by atomic mass is 32.2. The average Bonchev–Trinajstić information content (AvgIpc) is 2.23. The zero-order valence-corrected chi connectivity index (χ0v) is 10.1. The minimum Gasteiger partial charge on any atom is -0.760 e. The molecular formula is C12H14NO2S-. The molecule has 0 aromatic heterocycles. The Morgan fingerprint density at radius 1 is 1.12 bits per heavy atom. The molecule has 0 saturated carbocycles. The highest BCUT2D eigenvalue weighted by Gasteiger charge is 1.97. The van der Waals surface area contributed by atoms with Crippen molar-refractivity contribution in [1.29, 1.82) is 0 Å². The van der Waals surface area contributed by atoms with Crippen molar-refractivity contribution >= 4 is 22.0 Å². The van der Waals surface area contributed by atoms with Gasteiger partial charge in [-0.25, -0.2) is 0 Å². The summed E-state index contributed by atoms with van der Waals surface area (Å²) in [5, 5.41) is 6.73. The monoisotopic (exact) mass is 236 g/mol. The third-order valence-electron chi connectivity index (χ3n) is 2.47. The zero-order valence-electron chi connectivity index (χ0n) is 9.27. The van der Waals surface area contributed by atoms with Gasteiger partial charge in [0.1, 0.15) is 0 Å². The summed E-state index contributed by atoms with van der Waals surface area (Å²) in [6.45, 7) is 4.33. The molecule has 16 heavy (non-hydrogen) atoms. The van der Waals surface area contributed by atoms with Crippen LogP contribution in [0, 0.1) is 13.8 Å². The molecule has 0 amide bonds. The number of nitrogens with two attached hydrogens (primary N) is 1. The summed E-state index contributed by atoms with van der Waals surface area (Å²) < 4.78 is 17.6. The molecule has 0 aliphatic rings. The molecule has 1 atom stereocenters. The number of fused-ring (bicyclic) bond motifs is 1. The van der Waals surface area contributed by atoms with Gasteiger partial charge in [0.25, 0.3) is 0 Å². The first kappa shape index (κ1) is 12.8. The predicted octanol–water partition coefficient (Wildman–Crippen LogP) is 2.20. The lowest BCUT2D eigenvalue weighted by atomic mass is 10.0. The van der Waals surface area contributed by atoms with Crippen LogP contribution in [0.2, 0.25) is 0 Å². The van der Waals surface area contributed by atoms with E-state index in [0.29, 0.717) is 0 Å². The van der Waals surface area contributed by atoms with E-state index in [9.17, 15) is 0 Å². The fourth-order valence-corrected chi connectivity index (χ4v) is 1.54. The molecule has 86 valence electrons. The van der Waals surface area contributed by atoms with Crippen molar-refractivity contribution in [2.45, 2.75) is 13.8 Å². The Morgan fingerprint density at radius 2 is 1.69 bits per heavy atom. The molecule has 0 fully saturated rings. The zero-order chi connectivity index (χ0) is 12.1. The smallest absolute Gasteiger partial charge is 0.0152 e. The fraction of sp³-hybridized carbons (Fsp3) is 0.167. The molecule has 0 radical (unpaired) electrons. The second-order valence-electron chi connectivity index (χ2n) is 3.49. The van der Waals surface area contributed by atoms with Crippen LogP contribution < -0.4 is 5.14 Å². The van der Waals surface area contributed by atoms with Crippen molar-refractivity contribution in [2.75, 3.05) is 0 Å². The Hall–Kier alpha value is -1.23. The minimum atomic E-state index is -2.36. The van der Waals surface area contributed by atoms with E-state index in [4.69, 9.17) is 8.76 Å². The molecule has 0 spiro atoms.